The molecule has 3 aromatic carbocycles. The van der Waals surface area contributed by atoms with Gasteiger partial charge in [-0.05, 0) is 11.6 Å². The molecule has 0 fully saturated rings. The Kier molecular flexibility index (Phi) is 3.44. The predicted molar refractivity (Wildman–Crippen MR) is 92.2 cm³/mol. The molecule has 1 unspecified atom stereocenters. The van der Waals surface area contributed by atoms with Gasteiger partial charge in [-0.15, -0.1) is 0 Å². The molecule has 1 heterocycles. The van der Waals surface area contributed by atoms with Crippen molar-refractivity contribution in [2.75, 3.05) is 0 Å². The van der Waals surface area contributed by atoms with Crippen molar-refractivity contribution in [3.05, 3.63) is 107 Å². The third-order valence-corrected chi connectivity index (χ3v) is 4.53. The zero-order valence-corrected chi connectivity index (χ0v) is 13.1. The van der Waals surface area contributed by atoms with E-state index >= 15 is 0 Å². The highest BCUT2D eigenvalue weighted by molar-refractivity contribution is 6.00. The molecule has 1 atom stereocenters. The molecule has 118 valence electrons. The van der Waals surface area contributed by atoms with Gasteiger partial charge >= 0.3 is 0 Å². The molecule has 0 bridgehead atoms. The Morgan fingerprint density at radius 1 is 0.792 bits per heavy atom. The fourth-order valence-electron chi connectivity index (χ4n) is 3.35. The van der Waals surface area contributed by atoms with Crippen LogP contribution in [0.3, 0.4) is 0 Å². The quantitative estimate of drug-likeness (QED) is 0.751. The molecule has 1 N–H and O–H groups in total. The van der Waals surface area contributed by atoms with E-state index in [1.807, 2.05) is 78.9 Å². The normalized spacial score (nSPS) is 19.4. The maximum atomic E-state index is 13.0. The second-order valence-corrected chi connectivity index (χ2v) is 5.96. The van der Waals surface area contributed by atoms with Crippen molar-refractivity contribution in [1.29, 1.82) is 0 Å². The lowest BCUT2D eigenvalue weighted by atomic mass is 9.95. The van der Waals surface area contributed by atoms with Gasteiger partial charge in [-0.1, -0.05) is 78.9 Å². The smallest absolute Gasteiger partial charge is 0.257 e. The van der Waals surface area contributed by atoms with E-state index < -0.39 is 5.72 Å². The van der Waals surface area contributed by atoms with Gasteiger partial charge in [0.05, 0.1) is 0 Å². The highest BCUT2D eigenvalue weighted by Crippen LogP contribution is 2.42. The molecule has 0 aliphatic carbocycles. The number of amides is 1. The summed E-state index contributed by atoms with van der Waals surface area (Å²) in [5.74, 6) is -0.152. The molecule has 0 radical (unpaired) electrons. The summed E-state index contributed by atoms with van der Waals surface area (Å²) < 4.78 is 0. The van der Waals surface area contributed by atoms with Gasteiger partial charge in [0.25, 0.3) is 5.91 Å². The molecule has 3 aromatic rings. The number of hydrogen-bond donors (Lipinski definition) is 1. The van der Waals surface area contributed by atoms with E-state index in [0.29, 0.717) is 23.2 Å². The zero-order valence-electron chi connectivity index (χ0n) is 13.1. The van der Waals surface area contributed by atoms with Crippen molar-refractivity contribution in [3.8, 4) is 0 Å². The third kappa shape index (κ3) is 2.14. The molecule has 3 nitrogen and oxygen atoms in total. The zero-order chi connectivity index (χ0) is 16.6. The Hall–Kier alpha value is -2.91. The largest absolute Gasteiger partial charge is 0.363 e. The van der Waals surface area contributed by atoms with Gasteiger partial charge in [-0.25, -0.2) is 0 Å². The molecular weight excluding hydrogens is 300 g/mol. The number of nitrogens with zero attached hydrogens (tertiary/aromatic N) is 1. The minimum Gasteiger partial charge on any atom is -0.363 e. The average Bonchev–Trinajstić information content (AvgIpc) is 2.87. The van der Waals surface area contributed by atoms with E-state index in [9.17, 15) is 9.90 Å². The lowest BCUT2D eigenvalue weighted by Crippen LogP contribution is -2.44. The standard InChI is InChI=1S/C21H17NO2/c23-20-18-13-7-8-14-19(18)21(24,17-11-5-2-6-12-17)22(20)15-16-9-3-1-4-10-16/h1-14,24H,15H2/i24+2. The van der Waals surface area contributed by atoms with Gasteiger partial charge in [-0.3, -0.25) is 9.69 Å². The van der Waals surface area contributed by atoms with E-state index in [-0.39, 0.29) is 5.91 Å². The second-order valence-electron chi connectivity index (χ2n) is 5.96. The van der Waals surface area contributed by atoms with Crippen LogP contribution < -0.4 is 0 Å². The highest BCUT2D eigenvalue weighted by Gasteiger charge is 2.49. The summed E-state index contributed by atoms with van der Waals surface area (Å²) in [5, 5.41) is 11.6. The van der Waals surface area contributed by atoms with Gasteiger partial charge in [-0.2, -0.15) is 0 Å². The van der Waals surface area contributed by atoms with Gasteiger partial charge in [0.2, 0.25) is 0 Å². The molecule has 0 aromatic heterocycles. The van der Waals surface area contributed by atoms with Crippen LogP contribution >= 0.6 is 0 Å². The molecule has 1 aliphatic heterocycles. The van der Waals surface area contributed by atoms with Crippen LogP contribution in [-0.2, 0) is 12.3 Å². The predicted octanol–water partition coefficient (Wildman–Crippen LogP) is 3.54. The Balaban J connectivity index is 1.87. The number of carbonyl (C=O) groups is 1. The topological polar surface area (TPSA) is 40.5 Å². The molecule has 0 spiro atoms. The van der Waals surface area contributed by atoms with Crippen LogP contribution in [0.1, 0.15) is 27.0 Å². The molecule has 0 saturated carbocycles. The first-order valence-electron chi connectivity index (χ1n) is 7.94. The molecule has 24 heavy (non-hydrogen) atoms. The van der Waals surface area contributed by atoms with Crippen molar-refractivity contribution in [2.24, 2.45) is 0 Å². The summed E-state index contributed by atoms with van der Waals surface area (Å²) >= 11 is 0. The van der Waals surface area contributed by atoms with E-state index in [2.05, 4.69) is 0 Å². The van der Waals surface area contributed by atoms with Gasteiger partial charge in [0, 0.05) is 23.2 Å². The van der Waals surface area contributed by atoms with Crippen molar-refractivity contribution < 1.29 is 9.90 Å². The van der Waals surface area contributed by atoms with Crippen LogP contribution in [0, 0.1) is 0 Å². The van der Waals surface area contributed by atoms with E-state index in [1.165, 1.54) is 0 Å². The monoisotopic (exact) mass is 317 g/mol. The summed E-state index contributed by atoms with van der Waals surface area (Å²) in [7, 11) is 0. The van der Waals surface area contributed by atoms with Crippen LogP contribution in [0.2, 0.25) is 0 Å². The summed E-state index contributed by atoms with van der Waals surface area (Å²) in [6.07, 6.45) is 0. The number of fused-ring (bicyclic) bond motifs is 1. The minimum absolute atomic E-state index is 0.152. The van der Waals surface area contributed by atoms with Crippen LogP contribution in [0.15, 0.2) is 84.9 Å². The van der Waals surface area contributed by atoms with E-state index in [0.717, 1.165) is 5.56 Å². The number of aliphatic hydroxyl groups is 1. The Bertz CT molecular complexity index is 877. The molecule has 1 amide bonds. The van der Waals surface area contributed by atoms with Crippen molar-refractivity contribution in [2.45, 2.75) is 12.3 Å². The number of carbonyl (C=O) groups excluding carboxylic acids is 1. The lowest BCUT2D eigenvalue weighted by Gasteiger charge is -2.35. The Morgan fingerprint density at radius 2 is 1.38 bits per heavy atom. The SMILES string of the molecule is O=C1c2ccccc2C([18OH])(c2ccccc2)N1Cc1ccccc1. The summed E-state index contributed by atoms with van der Waals surface area (Å²) in [6.45, 7) is 0.347. The summed E-state index contributed by atoms with van der Waals surface area (Å²) in [4.78, 5) is 14.5. The van der Waals surface area contributed by atoms with Gasteiger partial charge in [0.1, 0.15) is 0 Å². The molecule has 1 aliphatic rings. The molecular formula is C21H17NO2. The van der Waals surface area contributed by atoms with Gasteiger partial charge < -0.3 is 5.11 Å². The first-order chi connectivity index (χ1) is 11.7. The van der Waals surface area contributed by atoms with Crippen LogP contribution in [0.25, 0.3) is 0 Å². The molecule has 3 heteroatoms. The fourth-order valence-corrected chi connectivity index (χ4v) is 3.35. The van der Waals surface area contributed by atoms with E-state index in [1.54, 1.807) is 11.0 Å². The molecule has 4 rings (SSSR count). The van der Waals surface area contributed by atoms with E-state index in [4.69, 9.17) is 0 Å². The average molecular weight is 317 g/mol. The highest BCUT2D eigenvalue weighted by atomic mass is 18.2. The maximum Gasteiger partial charge on any atom is 0.257 e. The number of hydrogen-bond acceptors (Lipinski definition) is 2. The van der Waals surface area contributed by atoms with Crippen molar-refractivity contribution in [1.82, 2.24) is 4.90 Å². The summed E-state index contributed by atoms with van der Waals surface area (Å²) in [6, 6.07) is 26.4. The number of rotatable bonds is 3. The fraction of sp³-hybridized carbons (Fsp3) is 0.0952. The van der Waals surface area contributed by atoms with Crippen molar-refractivity contribution >= 4 is 5.91 Å². The maximum absolute atomic E-state index is 13.0. The summed E-state index contributed by atoms with van der Waals surface area (Å²) in [5.41, 5.74) is 1.41. The van der Waals surface area contributed by atoms with Crippen molar-refractivity contribution in [3.63, 3.8) is 0 Å². The Morgan fingerprint density at radius 3 is 2.08 bits per heavy atom. The van der Waals surface area contributed by atoms with Gasteiger partial charge in [0.15, 0.2) is 5.72 Å². The Labute approximate surface area is 140 Å². The second kappa shape index (κ2) is 5.62. The number of benzene rings is 3. The third-order valence-electron chi connectivity index (χ3n) is 4.53. The first kappa shape index (κ1) is 14.7. The molecule has 0 saturated heterocycles. The van der Waals surface area contributed by atoms with Crippen LogP contribution in [-0.4, -0.2) is 15.9 Å². The van der Waals surface area contributed by atoms with Crippen LogP contribution in [0.4, 0.5) is 0 Å². The lowest BCUT2D eigenvalue weighted by molar-refractivity contribution is -0.0542. The first-order valence-corrected chi connectivity index (χ1v) is 7.94. The van der Waals surface area contributed by atoms with Crippen LogP contribution in [0.5, 0.6) is 0 Å². The minimum atomic E-state index is -1.45.